The van der Waals surface area contributed by atoms with Crippen LogP contribution in [0.15, 0.2) is 51.1 Å². The van der Waals surface area contributed by atoms with Gasteiger partial charge in [-0.25, -0.2) is 9.97 Å². The highest BCUT2D eigenvalue weighted by Gasteiger charge is 2.28. The van der Waals surface area contributed by atoms with E-state index in [4.69, 9.17) is 4.74 Å². The van der Waals surface area contributed by atoms with Gasteiger partial charge in [0.05, 0.1) is 24.2 Å². The number of hydrogen-bond donors (Lipinski definition) is 1. The minimum Gasteiger partial charge on any atom is -0.468 e. The summed E-state index contributed by atoms with van der Waals surface area (Å²) in [5.41, 5.74) is 1.51. The third-order valence-corrected chi connectivity index (χ3v) is 7.08. The van der Waals surface area contributed by atoms with Crippen LogP contribution < -0.4 is 5.32 Å². The Kier molecular flexibility index (Phi) is 6.71. The van der Waals surface area contributed by atoms with Crippen LogP contribution >= 0.6 is 34.4 Å². The van der Waals surface area contributed by atoms with Crippen molar-refractivity contribution in [2.75, 3.05) is 19.0 Å². The molecular formula is C20H16N6O2S3. The van der Waals surface area contributed by atoms with Gasteiger partial charge in [0.1, 0.15) is 10.7 Å². The number of rotatable bonds is 8. The van der Waals surface area contributed by atoms with Crippen LogP contribution in [0.1, 0.15) is 16.5 Å². The fraction of sp³-hybridized carbons (Fsp3) is 0.200. The number of nitrogens with zero attached hydrogens (tertiary/aromatic N) is 5. The van der Waals surface area contributed by atoms with E-state index >= 15 is 0 Å². The highest BCUT2D eigenvalue weighted by atomic mass is 32.2. The number of ether oxygens (including phenoxy) is 1. The largest absolute Gasteiger partial charge is 0.468 e. The van der Waals surface area contributed by atoms with E-state index < -0.39 is 11.9 Å². The maximum Gasteiger partial charge on any atom is 0.329 e. The highest BCUT2D eigenvalue weighted by Crippen LogP contribution is 2.36. The van der Waals surface area contributed by atoms with Crippen molar-refractivity contribution in [1.82, 2.24) is 20.2 Å². The molecule has 1 atom stereocenters. The molecule has 0 radical (unpaired) electrons. The number of benzene rings is 1. The minimum atomic E-state index is -1.18. The van der Waals surface area contributed by atoms with Crippen molar-refractivity contribution in [3.05, 3.63) is 52.3 Å². The van der Waals surface area contributed by atoms with Gasteiger partial charge in [-0.1, -0.05) is 29.5 Å². The first-order valence-electron chi connectivity index (χ1n) is 9.19. The van der Waals surface area contributed by atoms with Crippen LogP contribution in [0, 0.1) is 11.3 Å². The highest BCUT2D eigenvalue weighted by molar-refractivity contribution is 8.01. The maximum atomic E-state index is 12.1. The molecule has 0 bridgehead atoms. The predicted molar refractivity (Wildman–Crippen MR) is 120 cm³/mol. The molecule has 1 unspecified atom stereocenters. The number of fused-ring (bicyclic) bond motifs is 1. The number of esters is 1. The summed E-state index contributed by atoms with van der Waals surface area (Å²) in [5.74, 6) is -1.86. The lowest BCUT2D eigenvalue weighted by Gasteiger charge is -2.11. The third kappa shape index (κ3) is 4.99. The number of methoxy groups -OCH3 is 1. The van der Waals surface area contributed by atoms with E-state index in [2.05, 4.69) is 36.9 Å². The topological polar surface area (TPSA) is 114 Å². The van der Waals surface area contributed by atoms with E-state index in [1.165, 1.54) is 35.1 Å². The van der Waals surface area contributed by atoms with Crippen molar-refractivity contribution in [1.29, 1.82) is 5.26 Å². The van der Waals surface area contributed by atoms with Crippen LogP contribution in [0.2, 0.25) is 0 Å². The van der Waals surface area contributed by atoms with Crippen LogP contribution in [0.4, 0.5) is 5.13 Å². The molecular weight excluding hydrogens is 452 g/mol. The first kappa shape index (κ1) is 21.2. The maximum absolute atomic E-state index is 12.1. The molecule has 8 nitrogen and oxygen atoms in total. The molecule has 4 aromatic rings. The van der Waals surface area contributed by atoms with Crippen molar-refractivity contribution in [2.45, 2.75) is 21.7 Å². The molecule has 1 aromatic carbocycles. The van der Waals surface area contributed by atoms with Gasteiger partial charge >= 0.3 is 5.97 Å². The number of hydrogen-bond acceptors (Lipinski definition) is 11. The Morgan fingerprint density at radius 3 is 2.74 bits per heavy atom. The van der Waals surface area contributed by atoms with Gasteiger partial charge in [-0.05, 0) is 41.8 Å². The summed E-state index contributed by atoms with van der Waals surface area (Å²) in [6.45, 7) is 0.750. The van der Waals surface area contributed by atoms with Crippen LogP contribution in [-0.4, -0.2) is 39.8 Å². The Morgan fingerprint density at radius 1 is 1.23 bits per heavy atom. The Labute approximate surface area is 190 Å². The lowest BCUT2D eigenvalue weighted by molar-refractivity contribution is -0.141. The summed E-state index contributed by atoms with van der Waals surface area (Å²) < 4.78 is 5.41. The van der Waals surface area contributed by atoms with Crippen molar-refractivity contribution in [3.63, 3.8) is 0 Å². The zero-order chi connectivity index (χ0) is 21.6. The predicted octanol–water partition coefficient (Wildman–Crippen LogP) is 4.13. The number of aromatic nitrogens is 4. The van der Waals surface area contributed by atoms with Crippen molar-refractivity contribution in [2.24, 2.45) is 0 Å². The molecule has 3 aromatic heterocycles. The number of anilines is 1. The molecule has 3 heterocycles. The summed E-state index contributed by atoms with van der Waals surface area (Å²) in [6, 6.07) is 13.4. The molecule has 156 valence electrons. The fourth-order valence-corrected chi connectivity index (χ4v) is 5.27. The number of thiophene rings is 1. The van der Waals surface area contributed by atoms with E-state index in [1.807, 2.05) is 30.3 Å². The van der Waals surface area contributed by atoms with Crippen LogP contribution in [0.25, 0.3) is 11.0 Å². The second-order valence-electron chi connectivity index (χ2n) is 6.22. The Morgan fingerprint density at radius 2 is 2.03 bits per heavy atom. The number of carbonyl (C=O) groups excluding carboxylic acids is 1. The molecule has 0 amide bonds. The monoisotopic (exact) mass is 468 g/mol. The van der Waals surface area contributed by atoms with Gasteiger partial charge < -0.3 is 10.1 Å². The third-order valence-electron chi connectivity index (χ3n) is 4.22. The first-order chi connectivity index (χ1) is 15.2. The van der Waals surface area contributed by atoms with Gasteiger partial charge in [-0.15, -0.1) is 21.5 Å². The number of nitriles is 1. The van der Waals surface area contributed by atoms with E-state index in [0.717, 1.165) is 13.0 Å². The van der Waals surface area contributed by atoms with Gasteiger partial charge in [-0.2, -0.15) is 5.26 Å². The standard InChI is InChI=1S/C20H16N6O2S3/c1-28-18(27)13(11-21)16-17(24-15-7-3-2-6-14(15)23-16)30-20-26-25-19(31-20)22-9-8-12-5-4-10-29-12/h2-7,10,13H,8-9H2,1H3,(H,22,25). The van der Waals surface area contributed by atoms with E-state index in [-0.39, 0.29) is 5.69 Å². The molecule has 0 saturated carbocycles. The van der Waals surface area contributed by atoms with Crippen molar-refractivity contribution in [3.8, 4) is 6.07 Å². The lowest BCUT2D eigenvalue weighted by atomic mass is 10.1. The molecule has 0 fully saturated rings. The fourth-order valence-electron chi connectivity index (χ4n) is 2.76. The molecule has 0 saturated heterocycles. The van der Waals surface area contributed by atoms with Gasteiger partial charge in [0.25, 0.3) is 0 Å². The van der Waals surface area contributed by atoms with Gasteiger partial charge in [-0.3, -0.25) is 4.79 Å². The van der Waals surface area contributed by atoms with Gasteiger partial charge in [0.15, 0.2) is 10.3 Å². The second kappa shape index (κ2) is 9.82. The second-order valence-corrected chi connectivity index (χ2v) is 9.47. The quantitative estimate of drug-likeness (QED) is 0.381. The van der Waals surface area contributed by atoms with Crippen molar-refractivity contribution >= 4 is 56.6 Å². The molecule has 0 aliphatic carbocycles. The SMILES string of the molecule is COC(=O)C(C#N)c1nc2ccccc2nc1Sc1nnc(NCCc2cccs2)s1. The summed E-state index contributed by atoms with van der Waals surface area (Å²) in [4.78, 5) is 22.6. The summed E-state index contributed by atoms with van der Waals surface area (Å²) in [7, 11) is 1.24. The molecule has 31 heavy (non-hydrogen) atoms. The normalized spacial score (nSPS) is 11.7. The first-order valence-corrected chi connectivity index (χ1v) is 11.7. The molecule has 1 N–H and O–H groups in total. The number of para-hydroxylation sites is 2. The number of carbonyl (C=O) groups is 1. The number of nitrogens with one attached hydrogen (secondary N) is 1. The average Bonchev–Trinajstić information content (AvgIpc) is 3.46. The summed E-state index contributed by atoms with van der Waals surface area (Å²) >= 11 is 4.33. The van der Waals surface area contributed by atoms with E-state index in [0.29, 0.717) is 25.5 Å². The zero-order valence-electron chi connectivity index (χ0n) is 16.3. The lowest BCUT2D eigenvalue weighted by Crippen LogP contribution is -2.15. The molecule has 11 heteroatoms. The van der Waals surface area contributed by atoms with Gasteiger partial charge in [0.2, 0.25) is 5.13 Å². The van der Waals surface area contributed by atoms with Crippen molar-refractivity contribution < 1.29 is 9.53 Å². The molecule has 0 spiro atoms. The van der Waals surface area contributed by atoms with Gasteiger partial charge in [0, 0.05) is 11.4 Å². The summed E-state index contributed by atoms with van der Waals surface area (Å²) in [5, 5.41) is 24.4. The van der Waals surface area contributed by atoms with E-state index in [1.54, 1.807) is 17.4 Å². The Hall–Kier alpha value is -3.07. The smallest absolute Gasteiger partial charge is 0.329 e. The molecule has 4 rings (SSSR count). The zero-order valence-corrected chi connectivity index (χ0v) is 18.8. The van der Waals surface area contributed by atoms with Crippen LogP contribution in [0.3, 0.4) is 0 Å². The minimum absolute atomic E-state index is 0.250. The molecule has 0 aliphatic heterocycles. The average molecular weight is 469 g/mol. The van der Waals surface area contributed by atoms with Crippen LogP contribution in [0.5, 0.6) is 0 Å². The molecule has 0 aliphatic rings. The van der Waals surface area contributed by atoms with E-state index in [9.17, 15) is 10.1 Å². The summed E-state index contributed by atoms with van der Waals surface area (Å²) in [6.07, 6.45) is 0.906. The Balaban J connectivity index is 1.57. The van der Waals surface area contributed by atoms with Crippen LogP contribution in [-0.2, 0) is 16.0 Å². The Bertz CT molecular complexity index is 1240.